The largest absolute Gasteiger partial charge is 0.359 e. The number of hydrogen-bond acceptors (Lipinski definition) is 3. The Labute approximate surface area is 84.8 Å². The monoisotopic (exact) mass is 204 g/mol. The van der Waals surface area contributed by atoms with Crippen LogP contribution in [-0.4, -0.2) is 30.5 Å². The van der Waals surface area contributed by atoms with Gasteiger partial charge in [-0.2, -0.15) is 11.8 Å². The van der Waals surface area contributed by atoms with E-state index in [0.717, 1.165) is 24.3 Å². The number of hydrogen-bond donors (Lipinski definition) is 2. The van der Waals surface area contributed by atoms with E-state index < -0.39 is 0 Å². The molecule has 0 fully saturated rings. The van der Waals surface area contributed by atoms with Gasteiger partial charge in [0.25, 0.3) is 0 Å². The molecule has 0 aliphatic heterocycles. The number of thioether (sulfide) groups is 1. The lowest BCUT2D eigenvalue weighted by Gasteiger charge is -2.07. The van der Waals surface area contributed by atoms with Crippen molar-refractivity contribution in [3.8, 4) is 0 Å². The molecule has 0 rings (SSSR count). The van der Waals surface area contributed by atoms with Gasteiger partial charge in [-0.05, 0) is 18.6 Å². The summed E-state index contributed by atoms with van der Waals surface area (Å²) in [5.41, 5.74) is 5.74. The van der Waals surface area contributed by atoms with E-state index in [1.165, 1.54) is 0 Å². The molecule has 13 heavy (non-hydrogen) atoms. The minimum Gasteiger partial charge on any atom is -0.359 e. The predicted molar refractivity (Wildman–Crippen MR) is 58.9 cm³/mol. The van der Waals surface area contributed by atoms with Crippen molar-refractivity contribution in [2.75, 3.05) is 18.6 Å². The first-order valence-corrected chi connectivity index (χ1v) is 5.90. The van der Waals surface area contributed by atoms with Crippen LogP contribution in [0.2, 0.25) is 0 Å². The number of carbonyl (C=O) groups is 1. The molecule has 1 atom stereocenters. The Balaban J connectivity index is 3.12. The Kier molecular flexibility index (Phi) is 8.24. The first kappa shape index (κ1) is 12.8. The third kappa shape index (κ3) is 8.12. The van der Waals surface area contributed by atoms with Crippen molar-refractivity contribution >= 4 is 17.7 Å². The van der Waals surface area contributed by atoms with E-state index in [1.807, 2.05) is 11.8 Å². The number of nitrogens with two attached hydrogens (primary N) is 1. The Bertz CT molecular complexity index is 142. The molecule has 0 saturated carbocycles. The van der Waals surface area contributed by atoms with Gasteiger partial charge in [-0.15, -0.1) is 0 Å². The van der Waals surface area contributed by atoms with Gasteiger partial charge in [0.1, 0.15) is 0 Å². The maximum Gasteiger partial charge on any atom is 0.219 e. The second-order valence-electron chi connectivity index (χ2n) is 3.02. The van der Waals surface area contributed by atoms with Crippen LogP contribution in [0.5, 0.6) is 0 Å². The lowest BCUT2D eigenvalue weighted by Crippen LogP contribution is -2.21. The van der Waals surface area contributed by atoms with Crippen LogP contribution < -0.4 is 11.1 Å². The summed E-state index contributed by atoms with van der Waals surface area (Å²) < 4.78 is 0. The van der Waals surface area contributed by atoms with Crippen LogP contribution in [0.4, 0.5) is 0 Å². The fourth-order valence-electron chi connectivity index (χ4n) is 0.812. The van der Waals surface area contributed by atoms with Crippen molar-refractivity contribution in [3.63, 3.8) is 0 Å². The standard InChI is InChI=1S/C9H20N2OS/c1-3-8(10)7-13-6-4-5-9(12)11-2/h8H,3-7,10H2,1-2H3,(H,11,12). The first-order chi connectivity index (χ1) is 6.20. The van der Waals surface area contributed by atoms with Crippen LogP contribution in [0.25, 0.3) is 0 Å². The van der Waals surface area contributed by atoms with E-state index in [9.17, 15) is 4.79 Å². The van der Waals surface area contributed by atoms with Gasteiger partial charge in [-0.25, -0.2) is 0 Å². The van der Waals surface area contributed by atoms with Crippen LogP contribution in [0, 0.1) is 0 Å². The highest BCUT2D eigenvalue weighted by Gasteiger charge is 2.00. The van der Waals surface area contributed by atoms with Gasteiger partial charge < -0.3 is 11.1 Å². The third-order valence-corrected chi connectivity index (χ3v) is 3.07. The summed E-state index contributed by atoms with van der Waals surface area (Å²) in [6.07, 6.45) is 2.61. The van der Waals surface area contributed by atoms with Crippen LogP contribution in [0.15, 0.2) is 0 Å². The van der Waals surface area contributed by atoms with Crippen molar-refractivity contribution in [2.45, 2.75) is 32.2 Å². The molecule has 4 heteroatoms. The molecular formula is C9H20N2OS. The second-order valence-corrected chi connectivity index (χ2v) is 4.17. The highest BCUT2D eigenvalue weighted by Crippen LogP contribution is 2.06. The fourth-order valence-corrected chi connectivity index (χ4v) is 1.87. The molecule has 0 saturated heterocycles. The lowest BCUT2D eigenvalue weighted by molar-refractivity contribution is -0.120. The van der Waals surface area contributed by atoms with E-state index in [-0.39, 0.29) is 5.91 Å². The van der Waals surface area contributed by atoms with Gasteiger partial charge in [0.05, 0.1) is 0 Å². The average Bonchev–Trinajstić information content (AvgIpc) is 2.16. The fraction of sp³-hybridized carbons (Fsp3) is 0.889. The highest BCUT2D eigenvalue weighted by atomic mass is 32.2. The average molecular weight is 204 g/mol. The van der Waals surface area contributed by atoms with Crippen molar-refractivity contribution in [3.05, 3.63) is 0 Å². The third-order valence-electron chi connectivity index (χ3n) is 1.83. The van der Waals surface area contributed by atoms with Gasteiger partial charge in [0.2, 0.25) is 5.91 Å². The summed E-state index contributed by atoms with van der Waals surface area (Å²) in [4.78, 5) is 10.8. The highest BCUT2D eigenvalue weighted by molar-refractivity contribution is 7.99. The summed E-state index contributed by atoms with van der Waals surface area (Å²) in [6, 6.07) is 0.310. The number of nitrogens with one attached hydrogen (secondary N) is 1. The van der Waals surface area contributed by atoms with E-state index in [0.29, 0.717) is 12.5 Å². The Morgan fingerprint density at radius 3 is 2.85 bits per heavy atom. The Morgan fingerprint density at radius 2 is 2.31 bits per heavy atom. The molecule has 1 unspecified atom stereocenters. The molecule has 0 aliphatic carbocycles. The van der Waals surface area contributed by atoms with Crippen molar-refractivity contribution < 1.29 is 4.79 Å². The molecule has 0 radical (unpaired) electrons. The zero-order valence-corrected chi connectivity index (χ0v) is 9.32. The number of rotatable bonds is 7. The van der Waals surface area contributed by atoms with E-state index in [1.54, 1.807) is 7.05 Å². The van der Waals surface area contributed by atoms with Crippen LogP contribution >= 0.6 is 11.8 Å². The van der Waals surface area contributed by atoms with Crippen molar-refractivity contribution in [1.29, 1.82) is 0 Å². The maximum atomic E-state index is 10.8. The Morgan fingerprint density at radius 1 is 1.62 bits per heavy atom. The van der Waals surface area contributed by atoms with Crippen molar-refractivity contribution in [2.24, 2.45) is 5.73 Å². The van der Waals surface area contributed by atoms with Gasteiger partial charge in [-0.1, -0.05) is 6.92 Å². The molecule has 3 nitrogen and oxygen atoms in total. The molecule has 0 aromatic heterocycles. The van der Waals surface area contributed by atoms with Crippen LogP contribution in [0.1, 0.15) is 26.2 Å². The van der Waals surface area contributed by atoms with E-state index in [4.69, 9.17) is 5.73 Å². The maximum absolute atomic E-state index is 10.8. The predicted octanol–water partition coefficient (Wildman–Crippen LogP) is 0.983. The zero-order chi connectivity index (χ0) is 10.1. The molecule has 78 valence electrons. The summed E-state index contributed by atoms with van der Waals surface area (Å²) >= 11 is 1.83. The van der Waals surface area contributed by atoms with Gasteiger partial charge >= 0.3 is 0 Å². The van der Waals surface area contributed by atoms with E-state index >= 15 is 0 Å². The van der Waals surface area contributed by atoms with Crippen LogP contribution in [0.3, 0.4) is 0 Å². The first-order valence-electron chi connectivity index (χ1n) is 4.74. The lowest BCUT2D eigenvalue weighted by atomic mass is 10.3. The zero-order valence-electron chi connectivity index (χ0n) is 8.51. The van der Waals surface area contributed by atoms with Gasteiger partial charge in [0.15, 0.2) is 0 Å². The molecule has 0 heterocycles. The molecule has 3 N–H and O–H groups in total. The quantitative estimate of drug-likeness (QED) is 0.608. The molecule has 0 aliphatic rings. The summed E-state index contributed by atoms with van der Waals surface area (Å²) in [5.74, 6) is 2.16. The van der Waals surface area contributed by atoms with E-state index in [2.05, 4.69) is 12.2 Å². The summed E-state index contributed by atoms with van der Waals surface area (Å²) in [6.45, 7) is 2.09. The molecular weight excluding hydrogens is 184 g/mol. The van der Waals surface area contributed by atoms with Gasteiger partial charge in [0, 0.05) is 25.3 Å². The van der Waals surface area contributed by atoms with Crippen LogP contribution in [-0.2, 0) is 4.79 Å². The molecule has 1 amide bonds. The normalized spacial score (nSPS) is 12.5. The molecule has 0 bridgehead atoms. The smallest absolute Gasteiger partial charge is 0.219 e. The van der Waals surface area contributed by atoms with Gasteiger partial charge in [-0.3, -0.25) is 4.79 Å². The SMILES string of the molecule is CCC(N)CSCCCC(=O)NC. The number of carbonyl (C=O) groups excluding carboxylic acids is 1. The summed E-state index contributed by atoms with van der Waals surface area (Å²) in [5, 5.41) is 2.60. The molecule has 0 aromatic carbocycles. The number of amides is 1. The molecule has 0 aromatic rings. The topological polar surface area (TPSA) is 55.1 Å². The Hall–Kier alpha value is -0.220. The second kappa shape index (κ2) is 8.38. The minimum atomic E-state index is 0.125. The van der Waals surface area contributed by atoms with Crippen molar-refractivity contribution in [1.82, 2.24) is 5.32 Å². The summed E-state index contributed by atoms with van der Waals surface area (Å²) in [7, 11) is 1.67. The molecule has 0 spiro atoms. The minimum absolute atomic E-state index is 0.125.